The summed E-state index contributed by atoms with van der Waals surface area (Å²) in [5.74, 6) is 0.689. The Morgan fingerprint density at radius 1 is 1.14 bits per heavy atom. The maximum absolute atomic E-state index is 11.7. The van der Waals surface area contributed by atoms with Crippen molar-refractivity contribution >= 4 is 28.5 Å². The maximum atomic E-state index is 11.7. The summed E-state index contributed by atoms with van der Waals surface area (Å²) < 4.78 is 15.4. The molecule has 3 aromatic rings. The molecule has 0 saturated heterocycles. The number of nitrogens with zero attached hydrogens (tertiary/aromatic N) is 4. The van der Waals surface area contributed by atoms with E-state index in [0.29, 0.717) is 12.4 Å². The second-order valence-electron chi connectivity index (χ2n) is 9.06. The SMILES string of the molecule is C/C=C(/C(=C\CC)NCc1ccc(N(C)S(C)=O)nc1)c1cnn(-c2ccc(C)cc2)c1/C=C(\C)CC. The molecule has 0 saturated carbocycles. The number of anilines is 1. The van der Waals surface area contributed by atoms with E-state index in [-0.39, 0.29) is 0 Å². The van der Waals surface area contributed by atoms with E-state index in [9.17, 15) is 4.21 Å². The van der Waals surface area contributed by atoms with Crippen LogP contribution in [0, 0.1) is 6.92 Å². The van der Waals surface area contributed by atoms with Gasteiger partial charge in [0.05, 0.1) is 17.6 Å². The average molecular weight is 518 g/mol. The third kappa shape index (κ3) is 7.07. The van der Waals surface area contributed by atoms with E-state index >= 15 is 0 Å². The molecule has 0 aliphatic carbocycles. The third-order valence-electron chi connectivity index (χ3n) is 6.30. The number of nitrogens with one attached hydrogen (secondary N) is 1. The van der Waals surface area contributed by atoms with Crippen molar-refractivity contribution in [1.29, 1.82) is 0 Å². The summed E-state index contributed by atoms with van der Waals surface area (Å²) in [6, 6.07) is 12.4. The molecule has 0 aliphatic heterocycles. The van der Waals surface area contributed by atoms with E-state index in [4.69, 9.17) is 5.10 Å². The Balaban J connectivity index is 1.94. The number of aryl methyl sites for hydroxylation is 1. The van der Waals surface area contributed by atoms with Gasteiger partial charge in [0.25, 0.3) is 0 Å². The number of hydrogen-bond acceptors (Lipinski definition) is 4. The molecule has 7 heteroatoms. The molecule has 0 fully saturated rings. The molecule has 1 unspecified atom stereocenters. The Kier molecular flexibility index (Phi) is 10.0. The van der Waals surface area contributed by atoms with Gasteiger partial charge < -0.3 is 5.32 Å². The van der Waals surface area contributed by atoms with Crippen molar-refractivity contribution in [2.45, 2.75) is 54.0 Å². The predicted molar refractivity (Wildman–Crippen MR) is 158 cm³/mol. The standard InChI is InChI=1S/C30H39N5OS/c1-8-11-28(31-19-24-14-17-30(32-20-24)34(6)37(7)36)26(10-3)27-21-33-35(29(27)18-22(4)9-2)25-15-12-23(5)13-16-25/h10-18,20-21,31H,8-9,19H2,1-7H3/b22-18+,26-10+,28-11+. The van der Waals surface area contributed by atoms with E-state index in [2.05, 4.69) is 87.4 Å². The van der Waals surface area contributed by atoms with Gasteiger partial charge in [0.1, 0.15) is 16.8 Å². The summed E-state index contributed by atoms with van der Waals surface area (Å²) in [5, 5.41) is 8.44. The summed E-state index contributed by atoms with van der Waals surface area (Å²) >= 11 is 0. The fourth-order valence-corrected chi connectivity index (χ4v) is 4.28. The molecule has 6 nitrogen and oxygen atoms in total. The first-order valence-electron chi connectivity index (χ1n) is 12.7. The van der Waals surface area contributed by atoms with Crippen LogP contribution in [0.25, 0.3) is 17.3 Å². The molecule has 37 heavy (non-hydrogen) atoms. The van der Waals surface area contributed by atoms with Crippen molar-refractivity contribution in [3.05, 3.63) is 94.6 Å². The average Bonchev–Trinajstić information content (AvgIpc) is 3.30. The molecule has 0 bridgehead atoms. The lowest BCUT2D eigenvalue weighted by Gasteiger charge is -2.17. The van der Waals surface area contributed by atoms with Gasteiger partial charge in [-0.05, 0) is 63.5 Å². The minimum atomic E-state index is -1.11. The third-order valence-corrected chi connectivity index (χ3v) is 7.26. The van der Waals surface area contributed by atoms with Crippen molar-refractivity contribution in [3.63, 3.8) is 0 Å². The first-order chi connectivity index (χ1) is 17.8. The summed E-state index contributed by atoms with van der Waals surface area (Å²) in [5.41, 5.74) is 8.94. The van der Waals surface area contributed by atoms with Crippen molar-refractivity contribution in [1.82, 2.24) is 20.1 Å². The first kappa shape index (κ1) is 28.1. The van der Waals surface area contributed by atoms with Gasteiger partial charge in [-0.1, -0.05) is 55.3 Å². The van der Waals surface area contributed by atoms with Gasteiger partial charge in [-0.25, -0.2) is 13.9 Å². The van der Waals surface area contributed by atoms with Gasteiger partial charge in [-0.3, -0.25) is 4.31 Å². The van der Waals surface area contributed by atoms with Crippen LogP contribution >= 0.6 is 0 Å². The Labute approximate surface area is 224 Å². The number of aromatic nitrogens is 3. The van der Waals surface area contributed by atoms with Crippen LogP contribution in [0.5, 0.6) is 0 Å². The first-order valence-corrected chi connectivity index (χ1v) is 14.3. The largest absolute Gasteiger partial charge is 0.381 e. The van der Waals surface area contributed by atoms with Crippen molar-refractivity contribution < 1.29 is 4.21 Å². The molecule has 3 rings (SSSR count). The molecule has 2 aromatic heterocycles. The molecule has 1 aromatic carbocycles. The monoisotopic (exact) mass is 517 g/mol. The van der Waals surface area contributed by atoms with Crippen LogP contribution in [0.3, 0.4) is 0 Å². The Morgan fingerprint density at radius 2 is 1.86 bits per heavy atom. The van der Waals surface area contributed by atoms with Gasteiger partial charge in [-0.2, -0.15) is 5.10 Å². The zero-order valence-electron chi connectivity index (χ0n) is 23.1. The van der Waals surface area contributed by atoms with Crippen LogP contribution in [0.2, 0.25) is 0 Å². The molecule has 0 spiro atoms. The van der Waals surface area contributed by atoms with Crippen molar-refractivity contribution in [2.24, 2.45) is 0 Å². The quantitative estimate of drug-likeness (QED) is 0.291. The fourth-order valence-electron chi connectivity index (χ4n) is 3.91. The Hall–Kier alpha value is -3.45. The number of benzene rings is 1. The lowest BCUT2D eigenvalue weighted by atomic mass is 10.00. The molecular formula is C30H39N5OS. The Bertz CT molecular complexity index is 1300. The molecule has 0 radical (unpaired) electrons. The van der Waals surface area contributed by atoms with E-state index in [1.54, 1.807) is 17.6 Å². The number of hydrogen-bond donors (Lipinski definition) is 1. The molecule has 196 valence electrons. The summed E-state index contributed by atoms with van der Waals surface area (Å²) in [6.45, 7) is 11.3. The lowest BCUT2D eigenvalue weighted by molar-refractivity contribution is 0.685. The zero-order valence-corrected chi connectivity index (χ0v) is 23.9. The van der Waals surface area contributed by atoms with Gasteiger partial charge in [-0.15, -0.1) is 0 Å². The summed E-state index contributed by atoms with van der Waals surface area (Å²) in [4.78, 5) is 4.48. The van der Waals surface area contributed by atoms with E-state index < -0.39 is 11.0 Å². The van der Waals surface area contributed by atoms with Crippen LogP contribution < -0.4 is 9.62 Å². The maximum Gasteiger partial charge on any atom is 0.139 e. The molecule has 2 heterocycles. The normalized spacial score (nSPS) is 13.5. The van der Waals surface area contributed by atoms with Crippen LogP contribution in [0.15, 0.2) is 72.2 Å². The lowest BCUT2D eigenvalue weighted by Crippen LogP contribution is -2.20. The van der Waals surface area contributed by atoms with Crippen LogP contribution in [0.1, 0.15) is 62.9 Å². The number of pyridine rings is 1. The van der Waals surface area contributed by atoms with Crippen LogP contribution in [-0.4, -0.2) is 32.3 Å². The van der Waals surface area contributed by atoms with Gasteiger partial charge in [0.15, 0.2) is 0 Å². The molecule has 0 amide bonds. The van der Waals surface area contributed by atoms with Crippen molar-refractivity contribution in [3.8, 4) is 5.69 Å². The minimum Gasteiger partial charge on any atom is -0.381 e. The topological polar surface area (TPSA) is 63.1 Å². The smallest absolute Gasteiger partial charge is 0.139 e. The van der Waals surface area contributed by atoms with E-state index in [1.807, 2.05) is 29.2 Å². The number of allylic oxidation sites excluding steroid dienone is 4. The zero-order chi connectivity index (χ0) is 26.9. The highest BCUT2D eigenvalue weighted by Crippen LogP contribution is 2.29. The summed E-state index contributed by atoms with van der Waals surface area (Å²) in [6.07, 6.45) is 13.9. The second-order valence-corrected chi connectivity index (χ2v) is 10.5. The predicted octanol–water partition coefficient (Wildman–Crippen LogP) is 6.61. The van der Waals surface area contributed by atoms with Gasteiger partial charge in [0, 0.05) is 42.9 Å². The van der Waals surface area contributed by atoms with Crippen LogP contribution in [-0.2, 0) is 17.5 Å². The van der Waals surface area contributed by atoms with Crippen LogP contribution in [0.4, 0.5) is 5.82 Å². The summed E-state index contributed by atoms with van der Waals surface area (Å²) in [7, 11) is 0.672. The highest BCUT2D eigenvalue weighted by atomic mass is 32.2. The Morgan fingerprint density at radius 3 is 2.43 bits per heavy atom. The molecule has 1 atom stereocenters. The van der Waals surface area contributed by atoms with E-state index in [0.717, 1.165) is 46.6 Å². The molecule has 1 N–H and O–H groups in total. The van der Waals surface area contributed by atoms with Crippen molar-refractivity contribution in [2.75, 3.05) is 17.6 Å². The second kappa shape index (κ2) is 13.2. The molecule has 0 aliphatic rings. The van der Waals surface area contributed by atoms with Gasteiger partial charge in [0.2, 0.25) is 0 Å². The van der Waals surface area contributed by atoms with E-state index in [1.165, 1.54) is 11.1 Å². The van der Waals surface area contributed by atoms with Gasteiger partial charge >= 0.3 is 0 Å². The molecular weight excluding hydrogens is 478 g/mol. The minimum absolute atomic E-state index is 0.626. The number of rotatable bonds is 11. The highest BCUT2D eigenvalue weighted by molar-refractivity contribution is 7.85. The fraction of sp³-hybridized carbons (Fsp3) is 0.333. The highest BCUT2D eigenvalue weighted by Gasteiger charge is 2.17.